The third kappa shape index (κ3) is 3.89. The largest absolute Gasteiger partial charge is 0.494 e. The molecule has 1 aromatic heterocycles. The number of aromatic nitrogens is 2. The maximum Gasteiger partial charge on any atom is 0.166 e. The normalized spacial score (nSPS) is 12.8. The van der Waals surface area contributed by atoms with Crippen LogP contribution in [0.15, 0.2) is 23.4 Å². The number of aromatic amines is 1. The molecule has 1 unspecified atom stereocenters. The molecule has 0 spiro atoms. The van der Waals surface area contributed by atoms with E-state index >= 15 is 0 Å². The molecule has 2 aromatic rings. The van der Waals surface area contributed by atoms with Crippen LogP contribution < -0.4 is 4.74 Å². The molecule has 0 saturated carbocycles. The minimum atomic E-state index is 0.685. The lowest BCUT2D eigenvalue weighted by molar-refractivity contribution is 0.340. The summed E-state index contributed by atoms with van der Waals surface area (Å²) < 4.78 is 5.50. The lowest BCUT2D eigenvalue weighted by Gasteiger charge is -2.08. The van der Waals surface area contributed by atoms with E-state index in [-0.39, 0.29) is 0 Å². The molecule has 0 radical (unpaired) electrons. The molecule has 0 aliphatic heterocycles. The first-order valence-corrected chi connectivity index (χ1v) is 8.68. The van der Waals surface area contributed by atoms with Gasteiger partial charge in [-0.1, -0.05) is 41.0 Å². The second kappa shape index (κ2) is 7.20. The highest BCUT2D eigenvalue weighted by Gasteiger charge is 2.09. The van der Waals surface area contributed by atoms with Gasteiger partial charge in [-0.3, -0.25) is 0 Å². The number of rotatable bonds is 7. The maximum absolute atomic E-state index is 5.50. The molecule has 2 rings (SSSR count). The van der Waals surface area contributed by atoms with Crippen LogP contribution in [0.5, 0.6) is 5.75 Å². The zero-order valence-corrected chi connectivity index (χ0v) is 13.7. The molecule has 3 nitrogen and oxygen atoms in total. The molecule has 1 atom stereocenters. The summed E-state index contributed by atoms with van der Waals surface area (Å²) in [5.41, 5.74) is 2.04. The van der Waals surface area contributed by atoms with E-state index in [9.17, 15) is 0 Å². The highest BCUT2D eigenvalue weighted by molar-refractivity contribution is 9.09. The lowest BCUT2D eigenvalue weighted by atomic mass is 10.2. The SMILES string of the molecule is CCOc1ccc2nc(SCC(CC)CBr)[nH]c2c1. The second-order valence-electron chi connectivity index (χ2n) is 4.39. The Kier molecular flexibility index (Phi) is 5.58. The fraction of sp³-hybridized carbons (Fsp3) is 0.500. The molecular formula is C14H19BrN2OS. The van der Waals surface area contributed by atoms with E-state index in [0.29, 0.717) is 12.5 Å². The second-order valence-corrected chi connectivity index (χ2v) is 6.05. The first-order chi connectivity index (χ1) is 9.26. The van der Waals surface area contributed by atoms with Gasteiger partial charge in [0, 0.05) is 17.1 Å². The van der Waals surface area contributed by atoms with Gasteiger partial charge in [0.2, 0.25) is 0 Å². The van der Waals surface area contributed by atoms with Gasteiger partial charge in [-0.15, -0.1) is 0 Å². The minimum absolute atomic E-state index is 0.685. The van der Waals surface area contributed by atoms with E-state index in [4.69, 9.17) is 4.74 Å². The number of alkyl halides is 1. The lowest BCUT2D eigenvalue weighted by Crippen LogP contribution is -2.03. The monoisotopic (exact) mass is 342 g/mol. The fourth-order valence-corrected chi connectivity index (χ4v) is 3.84. The van der Waals surface area contributed by atoms with Crippen LogP contribution in [0, 0.1) is 5.92 Å². The molecule has 5 heteroatoms. The van der Waals surface area contributed by atoms with Gasteiger partial charge in [0.1, 0.15) is 5.75 Å². The number of halogens is 1. The first kappa shape index (κ1) is 14.7. The zero-order chi connectivity index (χ0) is 13.7. The Labute approximate surface area is 126 Å². The van der Waals surface area contributed by atoms with Crippen LogP contribution in [-0.2, 0) is 0 Å². The van der Waals surface area contributed by atoms with Crippen molar-refractivity contribution in [3.63, 3.8) is 0 Å². The quantitative estimate of drug-likeness (QED) is 0.595. The van der Waals surface area contributed by atoms with Crippen molar-refractivity contribution in [2.75, 3.05) is 17.7 Å². The van der Waals surface area contributed by atoms with E-state index in [0.717, 1.165) is 33.0 Å². The predicted molar refractivity (Wildman–Crippen MR) is 85.6 cm³/mol. The number of imidazole rings is 1. The van der Waals surface area contributed by atoms with E-state index in [2.05, 4.69) is 32.8 Å². The number of ether oxygens (including phenoxy) is 1. The average molecular weight is 343 g/mol. The number of benzene rings is 1. The van der Waals surface area contributed by atoms with Gasteiger partial charge in [-0.05, 0) is 25.0 Å². The maximum atomic E-state index is 5.50. The molecule has 0 amide bonds. The third-order valence-corrected chi connectivity index (χ3v) is 5.01. The molecule has 1 N–H and O–H groups in total. The molecule has 0 bridgehead atoms. The van der Waals surface area contributed by atoms with E-state index < -0.39 is 0 Å². The van der Waals surface area contributed by atoms with Gasteiger partial charge < -0.3 is 9.72 Å². The van der Waals surface area contributed by atoms with Crippen molar-refractivity contribution >= 4 is 38.7 Å². The summed E-state index contributed by atoms with van der Waals surface area (Å²) in [6.45, 7) is 4.90. The third-order valence-electron chi connectivity index (χ3n) is 2.99. The van der Waals surface area contributed by atoms with Crippen molar-refractivity contribution in [3.05, 3.63) is 18.2 Å². The summed E-state index contributed by atoms with van der Waals surface area (Å²) in [7, 11) is 0. The summed E-state index contributed by atoms with van der Waals surface area (Å²) in [4.78, 5) is 7.95. The van der Waals surface area contributed by atoms with Crippen LogP contribution in [0.1, 0.15) is 20.3 Å². The first-order valence-electron chi connectivity index (χ1n) is 6.58. The van der Waals surface area contributed by atoms with Crippen LogP contribution >= 0.6 is 27.7 Å². The van der Waals surface area contributed by atoms with Gasteiger partial charge >= 0.3 is 0 Å². The van der Waals surface area contributed by atoms with Crippen LogP contribution in [0.25, 0.3) is 11.0 Å². The summed E-state index contributed by atoms with van der Waals surface area (Å²) in [6, 6.07) is 5.98. The van der Waals surface area contributed by atoms with Crippen molar-refractivity contribution in [2.45, 2.75) is 25.4 Å². The zero-order valence-electron chi connectivity index (χ0n) is 11.3. The molecule has 1 heterocycles. The number of fused-ring (bicyclic) bond motifs is 1. The Morgan fingerprint density at radius 3 is 2.95 bits per heavy atom. The van der Waals surface area contributed by atoms with Crippen LogP contribution in [0.3, 0.4) is 0 Å². The highest BCUT2D eigenvalue weighted by Crippen LogP contribution is 2.25. The number of thioether (sulfide) groups is 1. The Morgan fingerprint density at radius 2 is 2.26 bits per heavy atom. The standard InChI is InChI=1S/C14H19BrN2OS/c1-3-10(8-15)9-19-14-16-12-6-5-11(18-4-2)7-13(12)17-14/h5-7,10H,3-4,8-9H2,1-2H3,(H,16,17). The summed E-state index contributed by atoms with van der Waals surface area (Å²) >= 11 is 5.34. The Balaban J connectivity index is 2.08. The van der Waals surface area contributed by atoms with Crippen molar-refractivity contribution in [1.82, 2.24) is 9.97 Å². The summed E-state index contributed by atoms with van der Waals surface area (Å²) in [6.07, 6.45) is 1.19. The van der Waals surface area contributed by atoms with Crippen LogP contribution in [0.4, 0.5) is 0 Å². The number of hydrogen-bond donors (Lipinski definition) is 1. The molecule has 0 aliphatic rings. The molecule has 19 heavy (non-hydrogen) atoms. The summed E-state index contributed by atoms with van der Waals surface area (Å²) in [5, 5.41) is 2.04. The van der Waals surface area contributed by atoms with Crippen LogP contribution in [0.2, 0.25) is 0 Å². The number of hydrogen-bond acceptors (Lipinski definition) is 3. The van der Waals surface area contributed by atoms with Gasteiger partial charge in [-0.2, -0.15) is 0 Å². The topological polar surface area (TPSA) is 37.9 Å². The Bertz CT molecular complexity index is 525. The van der Waals surface area contributed by atoms with E-state index in [1.807, 2.05) is 25.1 Å². The van der Waals surface area contributed by atoms with E-state index in [1.54, 1.807) is 11.8 Å². The number of nitrogens with one attached hydrogen (secondary N) is 1. The molecule has 0 saturated heterocycles. The van der Waals surface area contributed by atoms with Crippen LogP contribution in [-0.4, -0.2) is 27.7 Å². The summed E-state index contributed by atoms with van der Waals surface area (Å²) in [5.74, 6) is 2.67. The molecule has 0 aliphatic carbocycles. The van der Waals surface area contributed by atoms with Crippen molar-refractivity contribution < 1.29 is 4.74 Å². The average Bonchev–Trinajstić information content (AvgIpc) is 2.82. The molecule has 104 valence electrons. The molecular weight excluding hydrogens is 324 g/mol. The smallest absolute Gasteiger partial charge is 0.166 e. The predicted octanol–water partition coefficient (Wildman–Crippen LogP) is 4.47. The Morgan fingerprint density at radius 1 is 1.42 bits per heavy atom. The van der Waals surface area contributed by atoms with Gasteiger partial charge in [-0.25, -0.2) is 4.98 Å². The minimum Gasteiger partial charge on any atom is -0.494 e. The highest BCUT2D eigenvalue weighted by atomic mass is 79.9. The van der Waals surface area contributed by atoms with Gasteiger partial charge in [0.15, 0.2) is 5.16 Å². The molecule has 1 aromatic carbocycles. The number of H-pyrrole nitrogens is 1. The number of nitrogens with zero attached hydrogens (tertiary/aromatic N) is 1. The van der Waals surface area contributed by atoms with E-state index in [1.165, 1.54) is 6.42 Å². The Hall–Kier alpha value is -0.680. The molecule has 0 fully saturated rings. The van der Waals surface area contributed by atoms with Gasteiger partial charge in [0.25, 0.3) is 0 Å². The fourth-order valence-electron chi connectivity index (χ4n) is 1.76. The van der Waals surface area contributed by atoms with Gasteiger partial charge in [0.05, 0.1) is 17.6 Å². The van der Waals surface area contributed by atoms with Crippen molar-refractivity contribution in [2.24, 2.45) is 5.92 Å². The van der Waals surface area contributed by atoms with Crippen molar-refractivity contribution in [3.8, 4) is 5.75 Å². The van der Waals surface area contributed by atoms with Crippen molar-refractivity contribution in [1.29, 1.82) is 0 Å².